The average molecular weight is 250 g/mol. The lowest BCUT2D eigenvalue weighted by molar-refractivity contribution is 0.0688. The van der Waals surface area contributed by atoms with Gasteiger partial charge in [0.05, 0.1) is 5.69 Å². The van der Waals surface area contributed by atoms with E-state index in [4.69, 9.17) is 5.73 Å². The van der Waals surface area contributed by atoms with Crippen molar-refractivity contribution in [3.63, 3.8) is 0 Å². The molecule has 1 saturated heterocycles. The van der Waals surface area contributed by atoms with Crippen molar-refractivity contribution in [3.05, 3.63) is 29.6 Å². The SMILES string of the molecule is CCC1CCN(C(=O)c2ccc(N)c(F)c2)CC1. The van der Waals surface area contributed by atoms with Gasteiger partial charge in [-0.25, -0.2) is 4.39 Å². The Kier molecular flexibility index (Phi) is 3.84. The van der Waals surface area contributed by atoms with Crippen molar-refractivity contribution >= 4 is 11.6 Å². The molecule has 1 aliphatic heterocycles. The van der Waals surface area contributed by atoms with Gasteiger partial charge in [-0.3, -0.25) is 4.79 Å². The fourth-order valence-electron chi connectivity index (χ4n) is 2.39. The maximum Gasteiger partial charge on any atom is 0.253 e. The van der Waals surface area contributed by atoms with Gasteiger partial charge in [0.1, 0.15) is 5.82 Å². The number of halogens is 1. The normalized spacial score (nSPS) is 16.9. The van der Waals surface area contributed by atoms with Crippen molar-refractivity contribution < 1.29 is 9.18 Å². The molecule has 0 aromatic heterocycles. The Hall–Kier alpha value is -1.58. The fraction of sp³-hybridized carbons (Fsp3) is 0.500. The third-order valence-corrected chi connectivity index (χ3v) is 3.73. The van der Waals surface area contributed by atoms with Crippen LogP contribution in [0.2, 0.25) is 0 Å². The van der Waals surface area contributed by atoms with Crippen molar-refractivity contribution in [1.82, 2.24) is 4.90 Å². The second kappa shape index (κ2) is 5.38. The van der Waals surface area contributed by atoms with Gasteiger partial charge in [-0.2, -0.15) is 0 Å². The molecule has 1 heterocycles. The van der Waals surface area contributed by atoms with Crippen molar-refractivity contribution in [3.8, 4) is 0 Å². The van der Waals surface area contributed by atoms with E-state index in [0.717, 1.165) is 31.8 Å². The first kappa shape index (κ1) is 12.9. The molecule has 0 unspecified atom stereocenters. The highest BCUT2D eigenvalue weighted by Gasteiger charge is 2.23. The number of benzene rings is 1. The van der Waals surface area contributed by atoms with Gasteiger partial charge >= 0.3 is 0 Å². The van der Waals surface area contributed by atoms with Crippen LogP contribution in [0.4, 0.5) is 10.1 Å². The first-order valence-electron chi connectivity index (χ1n) is 6.46. The van der Waals surface area contributed by atoms with Gasteiger partial charge in [0, 0.05) is 18.7 Å². The molecule has 1 amide bonds. The van der Waals surface area contributed by atoms with Crippen LogP contribution in [0.15, 0.2) is 18.2 Å². The van der Waals surface area contributed by atoms with E-state index in [-0.39, 0.29) is 11.6 Å². The predicted molar refractivity (Wildman–Crippen MR) is 69.7 cm³/mol. The fourth-order valence-corrected chi connectivity index (χ4v) is 2.39. The molecule has 3 nitrogen and oxygen atoms in total. The molecule has 1 aromatic carbocycles. The molecule has 18 heavy (non-hydrogen) atoms. The number of nitrogen functional groups attached to an aromatic ring is 1. The number of hydrogen-bond donors (Lipinski definition) is 1. The number of nitrogens with zero attached hydrogens (tertiary/aromatic N) is 1. The molecule has 0 saturated carbocycles. The molecule has 0 aliphatic carbocycles. The van der Waals surface area contributed by atoms with E-state index in [1.807, 2.05) is 0 Å². The number of amides is 1. The van der Waals surface area contributed by atoms with Crippen LogP contribution < -0.4 is 5.73 Å². The van der Waals surface area contributed by atoms with Crippen molar-refractivity contribution in [1.29, 1.82) is 0 Å². The van der Waals surface area contributed by atoms with Gasteiger partial charge in [0.25, 0.3) is 5.91 Å². The molecule has 0 bridgehead atoms. The maximum atomic E-state index is 13.3. The van der Waals surface area contributed by atoms with Gasteiger partial charge in [-0.05, 0) is 37.0 Å². The van der Waals surface area contributed by atoms with Gasteiger partial charge in [0.15, 0.2) is 0 Å². The number of hydrogen-bond acceptors (Lipinski definition) is 2. The van der Waals surface area contributed by atoms with E-state index in [2.05, 4.69) is 6.92 Å². The number of rotatable bonds is 2. The first-order valence-corrected chi connectivity index (χ1v) is 6.46. The highest BCUT2D eigenvalue weighted by molar-refractivity contribution is 5.94. The summed E-state index contributed by atoms with van der Waals surface area (Å²) in [5, 5.41) is 0. The smallest absolute Gasteiger partial charge is 0.253 e. The van der Waals surface area contributed by atoms with E-state index in [1.54, 1.807) is 11.0 Å². The monoisotopic (exact) mass is 250 g/mol. The van der Waals surface area contributed by atoms with Crippen LogP contribution in [0.3, 0.4) is 0 Å². The van der Waals surface area contributed by atoms with Crippen molar-refractivity contribution in [2.75, 3.05) is 18.8 Å². The van der Waals surface area contributed by atoms with Crippen LogP contribution in [-0.2, 0) is 0 Å². The first-order chi connectivity index (χ1) is 8.61. The van der Waals surface area contributed by atoms with Crippen LogP contribution in [0.25, 0.3) is 0 Å². The molecule has 98 valence electrons. The highest BCUT2D eigenvalue weighted by Crippen LogP contribution is 2.22. The van der Waals surface area contributed by atoms with Gasteiger partial charge < -0.3 is 10.6 Å². The van der Waals surface area contributed by atoms with Gasteiger partial charge in [0.2, 0.25) is 0 Å². The lowest BCUT2D eigenvalue weighted by atomic mass is 9.94. The number of anilines is 1. The number of carbonyl (C=O) groups is 1. The molecule has 1 fully saturated rings. The minimum absolute atomic E-state index is 0.0799. The molecule has 0 spiro atoms. The van der Waals surface area contributed by atoms with E-state index in [0.29, 0.717) is 5.56 Å². The molecule has 2 rings (SSSR count). The van der Waals surface area contributed by atoms with E-state index in [1.165, 1.54) is 18.6 Å². The van der Waals surface area contributed by atoms with Crippen LogP contribution in [0, 0.1) is 11.7 Å². The summed E-state index contributed by atoms with van der Waals surface area (Å²) in [6.45, 7) is 3.71. The predicted octanol–water partition coefficient (Wildman–Crippen LogP) is 2.67. The van der Waals surface area contributed by atoms with Crippen LogP contribution >= 0.6 is 0 Å². The lowest BCUT2D eigenvalue weighted by Crippen LogP contribution is -2.38. The summed E-state index contributed by atoms with van der Waals surface area (Å²) in [5.41, 5.74) is 5.87. The molecular formula is C14H19FN2O. The Morgan fingerprint density at radius 3 is 2.67 bits per heavy atom. The number of nitrogens with two attached hydrogens (primary N) is 1. The van der Waals surface area contributed by atoms with Gasteiger partial charge in [-0.1, -0.05) is 13.3 Å². The zero-order chi connectivity index (χ0) is 13.1. The summed E-state index contributed by atoms with van der Waals surface area (Å²) in [6, 6.07) is 4.26. The Morgan fingerprint density at radius 1 is 1.44 bits per heavy atom. The summed E-state index contributed by atoms with van der Waals surface area (Å²) in [7, 11) is 0. The van der Waals surface area contributed by atoms with E-state index in [9.17, 15) is 9.18 Å². The van der Waals surface area contributed by atoms with Crippen molar-refractivity contribution in [2.24, 2.45) is 5.92 Å². The van der Waals surface area contributed by atoms with Gasteiger partial charge in [-0.15, -0.1) is 0 Å². The zero-order valence-corrected chi connectivity index (χ0v) is 10.7. The summed E-state index contributed by atoms with van der Waals surface area (Å²) < 4.78 is 13.3. The number of carbonyl (C=O) groups excluding carboxylic acids is 1. The van der Waals surface area contributed by atoms with Crippen LogP contribution in [0.5, 0.6) is 0 Å². The summed E-state index contributed by atoms with van der Waals surface area (Å²) in [4.78, 5) is 14.0. The Bertz CT molecular complexity index is 439. The summed E-state index contributed by atoms with van der Waals surface area (Å²) in [5.74, 6) is 0.102. The second-order valence-corrected chi connectivity index (χ2v) is 4.88. The minimum atomic E-state index is -0.524. The zero-order valence-electron chi connectivity index (χ0n) is 10.7. The summed E-state index contributed by atoms with van der Waals surface area (Å²) in [6.07, 6.45) is 3.25. The molecule has 1 aliphatic rings. The minimum Gasteiger partial charge on any atom is -0.396 e. The standard InChI is InChI=1S/C14H19FN2O/c1-2-10-5-7-17(8-6-10)14(18)11-3-4-13(16)12(15)9-11/h3-4,9-10H,2,5-8,16H2,1H3. The molecule has 1 aromatic rings. The second-order valence-electron chi connectivity index (χ2n) is 4.88. The Morgan fingerprint density at radius 2 is 2.11 bits per heavy atom. The number of likely N-dealkylation sites (tertiary alicyclic amines) is 1. The van der Waals surface area contributed by atoms with Crippen LogP contribution in [0.1, 0.15) is 36.5 Å². The molecule has 0 radical (unpaired) electrons. The third-order valence-electron chi connectivity index (χ3n) is 3.73. The molecule has 4 heteroatoms. The molecule has 0 atom stereocenters. The van der Waals surface area contributed by atoms with E-state index < -0.39 is 5.82 Å². The van der Waals surface area contributed by atoms with Crippen molar-refractivity contribution in [2.45, 2.75) is 26.2 Å². The number of piperidine rings is 1. The topological polar surface area (TPSA) is 46.3 Å². The largest absolute Gasteiger partial charge is 0.396 e. The molecule has 2 N–H and O–H groups in total. The average Bonchev–Trinajstić information content (AvgIpc) is 2.41. The maximum absolute atomic E-state index is 13.3. The lowest BCUT2D eigenvalue weighted by Gasteiger charge is -2.31. The Labute approximate surface area is 107 Å². The van der Waals surface area contributed by atoms with Crippen LogP contribution in [-0.4, -0.2) is 23.9 Å². The highest BCUT2D eigenvalue weighted by atomic mass is 19.1. The van der Waals surface area contributed by atoms with E-state index >= 15 is 0 Å². The Balaban J connectivity index is 2.05. The quantitative estimate of drug-likeness (QED) is 0.820. The third kappa shape index (κ3) is 2.63. The molecular weight excluding hydrogens is 231 g/mol. The summed E-state index contributed by atoms with van der Waals surface area (Å²) >= 11 is 0.